The number of hydrogen-bond donors (Lipinski definition) is 1. The molecule has 18 heavy (non-hydrogen) atoms. The van der Waals surface area contributed by atoms with Crippen LogP contribution in [0.2, 0.25) is 10.0 Å². The van der Waals surface area contributed by atoms with E-state index < -0.39 is 0 Å². The summed E-state index contributed by atoms with van der Waals surface area (Å²) >= 11 is 13.8. The number of aryl methyl sites for hydroxylation is 2. The SMILES string of the molecule is Clc1ccc(Cl)c(Nc2nc3c(s2)CCCC3)c1. The number of hydrogen-bond acceptors (Lipinski definition) is 3. The molecule has 94 valence electrons. The fourth-order valence-electron chi connectivity index (χ4n) is 2.11. The number of halogens is 2. The summed E-state index contributed by atoms with van der Waals surface area (Å²) in [6, 6.07) is 5.39. The first-order valence-corrected chi connectivity index (χ1v) is 7.50. The molecule has 1 aromatic carbocycles. The smallest absolute Gasteiger partial charge is 0.187 e. The molecular formula is C13H12Cl2N2S. The van der Waals surface area contributed by atoms with Gasteiger partial charge in [0.25, 0.3) is 0 Å². The van der Waals surface area contributed by atoms with E-state index in [4.69, 9.17) is 23.2 Å². The number of benzene rings is 1. The van der Waals surface area contributed by atoms with Crippen LogP contribution in [0.1, 0.15) is 23.4 Å². The van der Waals surface area contributed by atoms with E-state index in [1.54, 1.807) is 23.5 Å². The van der Waals surface area contributed by atoms with E-state index in [2.05, 4.69) is 10.3 Å². The molecule has 0 amide bonds. The molecule has 0 aliphatic heterocycles. The molecule has 1 N–H and O–H groups in total. The highest BCUT2D eigenvalue weighted by Crippen LogP contribution is 2.34. The predicted octanol–water partition coefficient (Wildman–Crippen LogP) is 5.07. The summed E-state index contributed by atoms with van der Waals surface area (Å²) in [5, 5.41) is 5.50. The van der Waals surface area contributed by atoms with Crippen molar-refractivity contribution in [2.45, 2.75) is 25.7 Å². The van der Waals surface area contributed by atoms with Gasteiger partial charge in [0, 0.05) is 9.90 Å². The van der Waals surface area contributed by atoms with Gasteiger partial charge in [0.05, 0.1) is 16.4 Å². The van der Waals surface area contributed by atoms with Crippen molar-refractivity contribution in [3.63, 3.8) is 0 Å². The molecule has 1 aliphatic carbocycles. The van der Waals surface area contributed by atoms with Gasteiger partial charge in [-0.1, -0.05) is 23.2 Å². The lowest BCUT2D eigenvalue weighted by Gasteiger charge is -2.06. The Morgan fingerprint density at radius 1 is 1.17 bits per heavy atom. The highest BCUT2D eigenvalue weighted by Gasteiger charge is 2.15. The summed E-state index contributed by atoms with van der Waals surface area (Å²) in [6.07, 6.45) is 4.76. The van der Waals surface area contributed by atoms with Gasteiger partial charge in [-0.15, -0.1) is 11.3 Å². The third kappa shape index (κ3) is 2.48. The average molecular weight is 299 g/mol. The molecule has 2 nitrogen and oxygen atoms in total. The zero-order valence-corrected chi connectivity index (χ0v) is 12.0. The Labute approximate surface area is 120 Å². The fourth-order valence-corrected chi connectivity index (χ4v) is 3.51. The lowest BCUT2D eigenvalue weighted by Crippen LogP contribution is -1.99. The Balaban J connectivity index is 1.87. The van der Waals surface area contributed by atoms with Crippen LogP contribution in [-0.4, -0.2) is 4.98 Å². The number of nitrogens with one attached hydrogen (secondary N) is 1. The van der Waals surface area contributed by atoms with Crippen LogP contribution in [-0.2, 0) is 12.8 Å². The largest absolute Gasteiger partial charge is 0.330 e. The van der Waals surface area contributed by atoms with E-state index in [9.17, 15) is 0 Å². The Hall–Kier alpha value is -0.770. The van der Waals surface area contributed by atoms with E-state index in [0.717, 1.165) is 23.7 Å². The van der Waals surface area contributed by atoms with Crippen LogP contribution in [0.25, 0.3) is 0 Å². The van der Waals surface area contributed by atoms with Crippen LogP contribution in [0.4, 0.5) is 10.8 Å². The van der Waals surface area contributed by atoms with Crippen molar-refractivity contribution < 1.29 is 0 Å². The van der Waals surface area contributed by atoms with Crippen molar-refractivity contribution in [3.05, 3.63) is 38.8 Å². The van der Waals surface area contributed by atoms with E-state index in [1.807, 2.05) is 6.07 Å². The Morgan fingerprint density at radius 3 is 2.83 bits per heavy atom. The Kier molecular flexibility index (Phi) is 3.46. The van der Waals surface area contributed by atoms with Crippen molar-refractivity contribution in [2.24, 2.45) is 0 Å². The first kappa shape index (κ1) is 12.3. The quantitative estimate of drug-likeness (QED) is 0.837. The summed E-state index contributed by atoms with van der Waals surface area (Å²) in [5.74, 6) is 0. The summed E-state index contributed by atoms with van der Waals surface area (Å²) < 4.78 is 0. The van der Waals surface area contributed by atoms with Gasteiger partial charge >= 0.3 is 0 Å². The van der Waals surface area contributed by atoms with Crippen LogP contribution in [0.5, 0.6) is 0 Å². The summed E-state index contributed by atoms with van der Waals surface area (Å²) in [6.45, 7) is 0. The molecule has 0 fully saturated rings. The van der Waals surface area contributed by atoms with Gasteiger partial charge in [-0.25, -0.2) is 4.98 Å². The maximum atomic E-state index is 6.13. The maximum Gasteiger partial charge on any atom is 0.187 e. The normalized spacial score (nSPS) is 14.3. The molecule has 0 radical (unpaired) electrons. The number of fused-ring (bicyclic) bond motifs is 1. The summed E-state index contributed by atoms with van der Waals surface area (Å²) in [5.41, 5.74) is 2.06. The van der Waals surface area contributed by atoms with Crippen molar-refractivity contribution in [2.75, 3.05) is 5.32 Å². The molecule has 0 bridgehead atoms. The topological polar surface area (TPSA) is 24.9 Å². The molecule has 0 spiro atoms. The molecule has 0 atom stereocenters. The zero-order valence-electron chi connectivity index (χ0n) is 9.67. The molecule has 1 aliphatic rings. The number of thiazole rings is 1. The maximum absolute atomic E-state index is 6.13. The minimum absolute atomic E-state index is 0.660. The van der Waals surface area contributed by atoms with E-state index in [0.29, 0.717) is 10.0 Å². The molecule has 0 saturated carbocycles. The molecule has 2 aromatic rings. The number of nitrogens with zero attached hydrogens (tertiary/aromatic N) is 1. The first-order chi connectivity index (χ1) is 8.72. The van der Waals surface area contributed by atoms with Gasteiger partial charge in [-0.05, 0) is 43.9 Å². The highest BCUT2D eigenvalue weighted by atomic mass is 35.5. The van der Waals surface area contributed by atoms with Gasteiger partial charge in [0.2, 0.25) is 0 Å². The second kappa shape index (κ2) is 5.08. The Morgan fingerprint density at radius 2 is 2.00 bits per heavy atom. The van der Waals surface area contributed by atoms with Gasteiger partial charge in [0.1, 0.15) is 0 Å². The second-order valence-electron chi connectivity index (χ2n) is 4.35. The molecular weight excluding hydrogens is 287 g/mol. The third-order valence-corrected chi connectivity index (χ3v) is 4.65. The molecule has 5 heteroatoms. The minimum Gasteiger partial charge on any atom is -0.330 e. The number of aromatic nitrogens is 1. The van der Waals surface area contributed by atoms with Crippen molar-refractivity contribution in [1.29, 1.82) is 0 Å². The van der Waals surface area contributed by atoms with Gasteiger partial charge in [0.15, 0.2) is 5.13 Å². The monoisotopic (exact) mass is 298 g/mol. The van der Waals surface area contributed by atoms with E-state index in [-0.39, 0.29) is 0 Å². The predicted molar refractivity (Wildman–Crippen MR) is 78.5 cm³/mol. The van der Waals surface area contributed by atoms with Crippen LogP contribution in [0.3, 0.4) is 0 Å². The van der Waals surface area contributed by atoms with Crippen molar-refractivity contribution in [3.8, 4) is 0 Å². The summed E-state index contributed by atoms with van der Waals surface area (Å²) in [7, 11) is 0. The number of anilines is 2. The average Bonchev–Trinajstić information content (AvgIpc) is 2.76. The Bertz CT molecular complexity index is 557. The minimum atomic E-state index is 0.660. The zero-order chi connectivity index (χ0) is 12.5. The van der Waals surface area contributed by atoms with Gasteiger partial charge in [-0.3, -0.25) is 0 Å². The molecule has 1 heterocycles. The molecule has 3 rings (SSSR count). The summed E-state index contributed by atoms with van der Waals surface area (Å²) in [4.78, 5) is 6.03. The van der Waals surface area contributed by atoms with E-state index in [1.165, 1.54) is 23.4 Å². The molecule has 1 aromatic heterocycles. The van der Waals surface area contributed by atoms with Crippen LogP contribution >= 0.6 is 34.5 Å². The van der Waals surface area contributed by atoms with Crippen LogP contribution in [0, 0.1) is 0 Å². The van der Waals surface area contributed by atoms with Gasteiger partial charge < -0.3 is 5.32 Å². The molecule has 0 saturated heterocycles. The number of rotatable bonds is 2. The van der Waals surface area contributed by atoms with Crippen molar-refractivity contribution in [1.82, 2.24) is 4.98 Å². The van der Waals surface area contributed by atoms with Crippen LogP contribution in [0.15, 0.2) is 18.2 Å². The lowest BCUT2D eigenvalue weighted by molar-refractivity contribution is 0.683. The highest BCUT2D eigenvalue weighted by molar-refractivity contribution is 7.15. The van der Waals surface area contributed by atoms with Crippen LogP contribution < -0.4 is 5.32 Å². The van der Waals surface area contributed by atoms with Crippen molar-refractivity contribution >= 4 is 45.4 Å². The first-order valence-electron chi connectivity index (χ1n) is 5.93. The van der Waals surface area contributed by atoms with E-state index >= 15 is 0 Å². The fraction of sp³-hybridized carbons (Fsp3) is 0.308. The standard InChI is InChI=1S/C13H12Cl2N2S/c14-8-5-6-9(15)11(7-8)17-13-16-10-3-1-2-4-12(10)18-13/h5-7H,1-4H2,(H,16,17). The second-order valence-corrected chi connectivity index (χ2v) is 6.27. The molecule has 0 unspecified atom stereocenters. The lowest BCUT2D eigenvalue weighted by atomic mass is 10.0. The van der Waals surface area contributed by atoms with Gasteiger partial charge in [-0.2, -0.15) is 0 Å². The third-order valence-electron chi connectivity index (χ3n) is 3.02.